The van der Waals surface area contributed by atoms with Crippen molar-refractivity contribution < 1.29 is 9.53 Å². The number of carbonyl (C=O) groups is 1. The number of aliphatic imine (C=N–C) groups is 1. The van der Waals surface area contributed by atoms with Crippen LogP contribution < -0.4 is 16.0 Å². The summed E-state index contributed by atoms with van der Waals surface area (Å²) in [7, 11) is 0. The Bertz CT molecular complexity index is 597. The molecule has 150 valence electrons. The molecule has 0 aromatic heterocycles. The molecule has 1 heterocycles. The molecule has 0 aliphatic carbocycles. The fourth-order valence-electron chi connectivity index (χ4n) is 2.93. The van der Waals surface area contributed by atoms with Gasteiger partial charge in [-0.15, -0.1) is 0 Å². The number of carbonyl (C=O) groups excluding carboxylic acids is 1. The van der Waals surface area contributed by atoms with Crippen LogP contribution in [0.4, 0.5) is 0 Å². The van der Waals surface area contributed by atoms with Crippen LogP contribution in [0.2, 0.25) is 0 Å². The Morgan fingerprint density at radius 2 is 1.78 bits per heavy atom. The molecule has 1 saturated heterocycles. The van der Waals surface area contributed by atoms with Crippen LogP contribution in [-0.4, -0.2) is 68.7 Å². The van der Waals surface area contributed by atoms with Crippen LogP contribution in [0.3, 0.4) is 0 Å². The van der Waals surface area contributed by atoms with Crippen LogP contribution in [0.5, 0.6) is 0 Å². The molecule has 3 N–H and O–H groups in total. The molecular weight excluding hydrogens is 342 g/mol. The molecule has 1 fully saturated rings. The van der Waals surface area contributed by atoms with Crippen molar-refractivity contribution in [2.45, 2.75) is 33.4 Å². The van der Waals surface area contributed by atoms with Gasteiger partial charge in [0.2, 0.25) is 0 Å². The van der Waals surface area contributed by atoms with Crippen molar-refractivity contribution >= 4 is 11.9 Å². The number of nitrogens with zero attached hydrogens (tertiary/aromatic N) is 2. The lowest BCUT2D eigenvalue weighted by atomic mass is 10.1. The second-order valence-electron chi connectivity index (χ2n) is 6.63. The first-order chi connectivity index (χ1) is 13.1. The van der Waals surface area contributed by atoms with E-state index in [0.717, 1.165) is 50.9 Å². The van der Waals surface area contributed by atoms with E-state index in [4.69, 9.17) is 4.74 Å². The summed E-state index contributed by atoms with van der Waals surface area (Å²) in [5.41, 5.74) is 1.75. The first kappa shape index (κ1) is 21.2. The zero-order valence-corrected chi connectivity index (χ0v) is 16.8. The monoisotopic (exact) mass is 375 g/mol. The summed E-state index contributed by atoms with van der Waals surface area (Å²) in [6.45, 7) is 12.6. The highest BCUT2D eigenvalue weighted by molar-refractivity contribution is 5.94. The van der Waals surface area contributed by atoms with E-state index < -0.39 is 0 Å². The number of amides is 1. The number of morpholine rings is 1. The van der Waals surface area contributed by atoms with Gasteiger partial charge < -0.3 is 20.7 Å². The van der Waals surface area contributed by atoms with Crippen molar-refractivity contribution in [1.29, 1.82) is 0 Å². The molecule has 1 unspecified atom stereocenters. The van der Waals surface area contributed by atoms with E-state index in [2.05, 4.69) is 39.7 Å². The molecule has 1 aromatic rings. The lowest BCUT2D eigenvalue weighted by Crippen LogP contribution is -2.49. The quantitative estimate of drug-likeness (QED) is 0.470. The summed E-state index contributed by atoms with van der Waals surface area (Å²) < 4.78 is 5.42. The van der Waals surface area contributed by atoms with Crippen molar-refractivity contribution in [3.05, 3.63) is 35.4 Å². The van der Waals surface area contributed by atoms with Gasteiger partial charge in [-0.25, -0.2) is 4.99 Å². The van der Waals surface area contributed by atoms with Gasteiger partial charge in [-0.05, 0) is 38.5 Å². The molecule has 1 aliphatic heterocycles. The summed E-state index contributed by atoms with van der Waals surface area (Å²) in [6.07, 6.45) is 0. The molecule has 1 aliphatic rings. The Hall–Kier alpha value is -2.12. The Morgan fingerprint density at radius 3 is 2.41 bits per heavy atom. The average molecular weight is 376 g/mol. The number of nitrogens with one attached hydrogen (secondary N) is 3. The molecule has 1 atom stereocenters. The second kappa shape index (κ2) is 11.6. The number of benzene rings is 1. The highest BCUT2D eigenvalue weighted by Crippen LogP contribution is 2.06. The largest absolute Gasteiger partial charge is 0.379 e. The predicted octanol–water partition coefficient (Wildman–Crippen LogP) is 1.21. The number of guanidine groups is 1. The van der Waals surface area contributed by atoms with Gasteiger partial charge in [0, 0.05) is 44.3 Å². The average Bonchev–Trinajstić information content (AvgIpc) is 2.71. The second-order valence-corrected chi connectivity index (χ2v) is 6.63. The van der Waals surface area contributed by atoms with Gasteiger partial charge in [-0.1, -0.05) is 12.1 Å². The van der Waals surface area contributed by atoms with Crippen LogP contribution in [0, 0.1) is 0 Å². The maximum Gasteiger partial charge on any atom is 0.251 e. The number of hydrogen-bond acceptors (Lipinski definition) is 4. The summed E-state index contributed by atoms with van der Waals surface area (Å²) in [5.74, 6) is 0.769. The normalized spacial score (nSPS) is 16.6. The first-order valence-corrected chi connectivity index (χ1v) is 9.85. The third kappa shape index (κ3) is 7.19. The molecule has 1 aromatic carbocycles. The zero-order chi connectivity index (χ0) is 19.5. The van der Waals surface area contributed by atoms with Crippen LogP contribution in [0.1, 0.15) is 36.7 Å². The summed E-state index contributed by atoms with van der Waals surface area (Å²) in [4.78, 5) is 18.9. The standard InChI is InChI=1S/C20H33N5O2/c1-4-21-19(26)18-8-6-17(7-9-18)15-24-20(22-5-2)23-14-16(3)25-10-12-27-13-11-25/h6-9,16H,4-5,10-15H2,1-3H3,(H,21,26)(H2,22,23,24). The van der Waals surface area contributed by atoms with E-state index in [1.54, 1.807) is 0 Å². The van der Waals surface area contributed by atoms with Gasteiger partial charge in [0.1, 0.15) is 0 Å². The SMILES string of the molecule is CCNC(=O)c1ccc(CN=C(NCC)NCC(C)N2CCOCC2)cc1. The molecular formula is C20H33N5O2. The third-order valence-corrected chi connectivity index (χ3v) is 4.55. The predicted molar refractivity (Wildman–Crippen MR) is 109 cm³/mol. The Kier molecular flexibility index (Phi) is 9.07. The van der Waals surface area contributed by atoms with Crippen molar-refractivity contribution in [3.63, 3.8) is 0 Å². The van der Waals surface area contributed by atoms with Crippen molar-refractivity contribution in [1.82, 2.24) is 20.9 Å². The Balaban J connectivity index is 1.87. The summed E-state index contributed by atoms with van der Waals surface area (Å²) in [6, 6.07) is 8.02. The summed E-state index contributed by atoms with van der Waals surface area (Å²) >= 11 is 0. The fraction of sp³-hybridized carbons (Fsp3) is 0.600. The van der Waals surface area contributed by atoms with Gasteiger partial charge >= 0.3 is 0 Å². The molecule has 0 spiro atoms. The highest BCUT2D eigenvalue weighted by Gasteiger charge is 2.16. The number of ether oxygens (including phenoxy) is 1. The van der Waals surface area contributed by atoms with Gasteiger partial charge in [-0.3, -0.25) is 9.69 Å². The van der Waals surface area contributed by atoms with E-state index in [9.17, 15) is 4.79 Å². The van der Waals surface area contributed by atoms with Crippen molar-refractivity contribution in [2.24, 2.45) is 4.99 Å². The van der Waals surface area contributed by atoms with Gasteiger partial charge in [0.15, 0.2) is 5.96 Å². The Labute approximate surface area is 162 Å². The van der Waals surface area contributed by atoms with Crippen LogP contribution in [0.25, 0.3) is 0 Å². The van der Waals surface area contributed by atoms with Gasteiger partial charge in [0.25, 0.3) is 5.91 Å². The Morgan fingerprint density at radius 1 is 1.11 bits per heavy atom. The maximum absolute atomic E-state index is 11.8. The molecule has 0 saturated carbocycles. The minimum absolute atomic E-state index is 0.0420. The molecule has 7 nitrogen and oxygen atoms in total. The molecule has 27 heavy (non-hydrogen) atoms. The summed E-state index contributed by atoms with van der Waals surface area (Å²) in [5, 5.41) is 9.52. The molecule has 0 radical (unpaired) electrons. The van der Waals surface area contributed by atoms with E-state index >= 15 is 0 Å². The smallest absolute Gasteiger partial charge is 0.251 e. The van der Waals surface area contributed by atoms with Gasteiger partial charge in [-0.2, -0.15) is 0 Å². The minimum atomic E-state index is -0.0420. The minimum Gasteiger partial charge on any atom is -0.379 e. The van der Waals surface area contributed by atoms with E-state index in [1.807, 2.05) is 31.2 Å². The fourth-order valence-corrected chi connectivity index (χ4v) is 2.93. The van der Waals surface area contributed by atoms with Crippen LogP contribution in [0.15, 0.2) is 29.3 Å². The third-order valence-electron chi connectivity index (χ3n) is 4.55. The van der Waals surface area contributed by atoms with Crippen LogP contribution >= 0.6 is 0 Å². The molecule has 7 heteroatoms. The molecule has 1 amide bonds. The number of rotatable bonds is 8. The van der Waals surface area contributed by atoms with Crippen molar-refractivity contribution in [2.75, 3.05) is 45.9 Å². The van der Waals surface area contributed by atoms with E-state index in [0.29, 0.717) is 24.7 Å². The maximum atomic E-state index is 11.8. The van der Waals surface area contributed by atoms with Crippen molar-refractivity contribution in [3.8, 4) is 0 Å². The van der Waals surface area contributed by atoms with E-state index in [-0.39, 0.29) is 5.91 Å². The first-order valence-electron chi connectivity index (χ1n) is 9.85. The van der Waals surface area contributed by atoms with Gasteiger partial charge in [0.05, 0.1) is 19.8 Å². The molecule has 2 rings (SSSR count). The lowest BCUT2D eigenvalue weighted by Gasteiger charge is -2.32. The number of hydrogen-bond donors (Lipinski definition) is 3. The van der Waals surface area contributed by atoms with Crippen LogP contribution in [-0.2, 0) is 11.3 Å². The highest BCUT2D eigenvalue weighted by atomic mass is 16.5. The lowest BCUT2D eigenvalue weighted by molar-refractivity contribution is 0.0211. The molecule has 0 bridgehead atoms. The zero-order valence-electron chi connectivity index (χ0n) is 16.8. The van der Waals surface area contributed by atoms with E-state index in [1.165, 1.54) is 0 Å². The topological polar surface area (TPSA) is 78.0 Å².